The van der Waals surface area contributed by atoms with E-state index >= 15 is 0 Å². The molecule has 37 heavy (non-hydrogen) atoms. The van der Waals surface area contributed by atoms with Crippen molar-refractivity contribution in [3.05, 3.63) is 47.0 Å². The Morgan fingerprint density at radius 1 is 0.946 bits per heavy atom. The summed E-state index contributed by atoms with van der Waals surface area (Å²) in [6, 6.07) is 7.44. The Labute approximate surface area is 214 Å². The molecule has 2 aromatic carbocycles. The van der Waals surface area contributed by atoms with Crippen LogP contribution >= 0.6 is 0 Å². The summed E-state index contributed by atoms with van der Waals surface area (Å²) in [6.45, 7) is 2.93. The van der Waals surface area contributed by atoms with Crippen LogP contribution in [-0.4, -0.2) is 80.9 Å². The van der Waals surface area contributed by atoms with Crippen LogP contribution in [-0.2, 0) is 9.59 Å². The fourth-order valence-corrected chi connectivity index (χ4v) is 5.17. The van der Waals surface area contributed by atoms with Crippen LogP contribution in [0, 0.1) is 0 Å². The minimum atomic E-state index is -0.860. The normalized spacial score (nSPS) is 20.5. The van der Waals surface area contributed by atoms with Gasteiger partial charge in [0.1, 0.15) is 5.76 Å². The highest BCUT2D eigenvalue weighted by atomic mass is 16.7. The first-order valence-corrected chi connectivity index (χ1v) is 12.2. The van der Waals surface area contributed by atoms with E-state index in [1.165, 1.54) is 26.2 Å². The third-order valence-corrected chi connectivity index (χ3v) is 7.04. The molecule has 1 amide bonds. The molecule has 10 nitrogen and oxygen atoms in total. The summed E-state index contributed by atoms with van der Waals surface area (Å²) < 4.78 is 27.3. The summed E-state index contributed by atoms with van der Waals surface area (Å²) in [4.78, 5) is 30.5. The Kier molecular flexibility index (Phi) is 6.84. The van der Waals surface area contributed by atoms with Crippen molar-refractivity contribution in [2.45, 2.75) is 18.9 Å². The summed E-state index contributed by atoms with van der Waals surface area (Å²) >= 11 is 0. The Hall–Kier alpha value is -3.92. The molecule has 2 fully saturated rings. The maximum Gasteiger partial charge on any atom is 0.295 e. The minimum absolute atomic E-state index is 0.0143. The number of hydrogen-bond acceptors (Lipinski definition) is 9. The number of fused-ring (bicyclic) bond motifs is 1. The maximum atomic E-state index is 13.4. The Bertz CT molecular complexity index is 1230. The van der Waals surface area contributed by atoms with E-state index in [0.29, 0.717) is 53.0 Å². The summed E-state index contributed by atoms with van der Waals surface area (Å²) in [5.41, 5.74) is 0.885. The van der Waals surface area contributed by atoms with Gasteiger partial charge in [-0.05, 0) is 61.8 Å². The van der Waals surface area contributed by atoms with Crippen LogP contribution in [0.2, 0.25) is 0 Å². The van der Waals surface area contributed by atoms with E-state index in [2.05, 4.69) is 4.90 Å². The van der Waals surface area contributed by atoms with E-state index in [0.717, 1.165) is 25.9 Å². The SMILES string of the molecule is COc1cc([C@@H]2C(=C(O)c3ccc4c(c3)OCO4)C(=O)C(=O)N2CCN2CCCC2)cc(OC)c1OC. The zero-order valence-electron chi connectivity index (χ0n) is 21.1. The summed E-state index contributed by atoms with van der Waals surface area (Å²) in [5.74, 6) is 0.434. The predicted molar refractivity (Wildman–Crippen MR) is 133 cm³/mol. The standard InChI is InChI=1S/C27H30N2O8/c1-33-20-13-17(14-21(34-2)26(20)35-3)23-22(24(30)16-6-7-18-19(12-16)37-15-36-18)25(31)27(32)29(23)11-10-28-8-4-5-9-28/h6-7,12-14,23,30H,4-5,8-11,15H2,1-3H3/t23-/m1/s1. The first kappa shape index (κ1) is 24.8. The molecule has 2 aromatic rings. The van der Waals surface area contributed by atoms with Gasteiger partial charge in [0.05, 0.1) is 32.9 Å². The van der Waals surface area contributed by atoms with Gasteiger partial charge in [-0.1, -0.05) is 0 Å². The number of ketones is 1. The molecule has 0 aliphatic carbocycles. The van der Waals surface area contributed by atoms with Crippen LogP contribution in [0.3, 0.4) is 0 Å². The number of benzene rings is 2. The van der Waals surface area contributed by atoms with Crippen LogP contribution in [0.25, 0.3) is 5.76 Å². The fraction of sp³-hybridized carbons (Fsp3) is 0.407. The molecule has 3 heterocycles. The Morgan fingerprint density at radius 2 is 1.62 bits per heavy atom. The number of carbonyl (C=O) groups is 2. The van der Waals surface area contributed by atoms with Crippen LogP contribution in [0.15, 0.2) is 35.9 Å². The second kappa shape index (κ2) is 10.2. The van der Waals surface area contributed by atoms with Crippen molar-refractivity contribution < 1.29 is 38.4 Å². The zero-order chi connectivity index (χ0) is 26.1. The number of carbonyl (C=O) groups excluding carboxylic acids is 2. The monoisotopic (exact) mass is 510 g/mol. The third-order valence-electron chi connectivity index (χ3n) is 7.04. The molecule has 1 atom stereocenters. The lowest BCUT2D eigenvalue weighted by Gasteiger charge is -2.28. The van der Waals surface area contributed by atoms with Crippen molar-refractivity contribution in [3.63, 3.8) is 0 Å². The van der Waals surface area contributed by atoms with Crippen molar-refractivity contribution >= 4 is 17.4 Å². The van der Waals surface area contributed by atoms with Crippen LogP contribution in [0.1, 0.15) is 30.0 Å². The highest BCUT2D eigenvalue weighted by molar-refractivity contribution is 6.46. The largest absolute Gasteiger partial charge is 0.507 e. The average Bonchev–Trinajstić information content (AvgIpc) is 3.66. The van der Waals surface area contributed by atoms with Crippen molar-refractivity contribution in [1.29, 1.82) is 0 Å². The molecule has 196 valence electrons. The molecule has 10 heteroatoms. The third kappa shape index (κ3) is 4.42. The van der Waals surface area contributed by atoms with E-state index in [1.807, 2.05) is 0 Å². The maximum absolute atomic E-state index is 13.4. The lowest BCUT2D eigenvalue weighted by atomic mass is 9.94. The molecule has 3 aliphatic heterocycles. The van der Waals surface area contributed by atoms with Gasteiger partial charge >= 0.3 is 0 Å². The van der Waals surface area contributed by atoms with Crippen LogP contribution < -0.4 is 23.7 Å². The van der Waals surface area contributed by atoms with Gasteiger partial charge in [-0.25, -0.2) is 0 Å². The Morgan fingerprint density at radius 3 is 2.27 bits per heavy atom. The van der Waals surface area contributed by atoms with Crippen LogP contribution in [0.5, 0.6) is 28.7 Å². The molecule has 2 saturated heterocycles. The topological polar surface area (TPSA) is 107 Å². The van der Waals surface area contributed by atoms with Crippen molar-refractivity contribution in [1.82, 2.24) is 9.80 Å². The van der Waals surface area contributed by atoms with Gasteiger partial charge in [0, 0.05) is 18.7 Å². The number of aliphatic hydroxyl groups excluding tert-OH is 1. The molecule has 0 spiro atoms. The lowest BCUT2D eigenvalue weighted by Crippen LogP contribution is -2.37. The number of likely N-dealkylation sites (tertiary alicyclic amines) is 2. The quantitative estimate of drug-likeness (QED) is 0.326. The number of rotatable bonds is 8. The first-order chi connectivity index (χ1) is 18.0. The second-order valence-electron chi connectivity index (χ2n) is 9.07. The van der Waals surface area contributed by atoms with Crippen molar-refractivity contribution in [2.75, 3.05) is 54.3 Å². The summed E-state index contributed by atoms with van der Waals surface area (Å²) in [5, 5.41) is 11.4. The molecule has 0 radical (unpaired) electrons. The molecule has 0 aromatic heterocycles. The van der Waals surface area contributed by atoms with E-state index in [1.54, 1.807) is 30.3 Å². The van der Waals surface area contributed by atoms with Crippen molar-refractivity contribution in [2.24, 2.45) is 0 Å². The molecule has 0 saturated carbocycles. The summed E-state index contributed by atoms with van der Waals surface area (Å²) in [7, 11) is 4.50. The number of amides is 1. The number of hydrogen-bond donors (Lipinski definition) is 1. The number of Topliss-reactive ketones (excluding diaryl/α,β-unsaturated/α-hetero) is 1. The van der Waals surface area contributed by atoms with E-state index < -0.39 is 17.7 Å². The molecule has 0 bridgehead atoms. The smallest absolute Gasteiger partial charge is 0.295 e. The Balaban J connectivity index is 1.63. The average molecular weight is 511 g/mol. The molecular weight excluding hydrogens is 480 g/mol. The zero-order valence-corrected chi connectivity index (χ0v) is 21.1. The van der Waals surface area contributed by atoms with Crippen LogP contribution in [0.4, 0.5) is 0 Å². The number of aliphatic hydroxyl groups is 1. The van der Waals surface area contributed by atoms with E-state index in [-0.39, 0.29) is 18.1 Å². The highest BCUT2D eigenvalue weighted by Gasteiger charge is 2.46. The van der Waals surface area contributed by atoms with Gasteiger partial charge < -0.3 is 38.6 Å². The number of methoxy groups -OCH3 is 3. The van der Waals surface area contributed by atoms with Gasteiger partial charge in [-0.3, -0.25) is 9.59 Å². The lowest BCUT2D eigenvalue weighted by molar-refractivity contribution is -0.140. The first-order valence-electron chi connectivity index (χ1n) is 12.2. The molecule has 0 unspecified atom stereocenters. The molecule has 3 aliphatic rings. The number of ether oxygens (including phenoxy) is 5. The van der Waals surface area contributed by atoms with Gasteiger partial charge in [0.25, 0.3) is 11.7 Å². The van der Waals surface area contributed by atoms with E-state index in [4.69, 9.17) is 23.7 Å². The highest BCUT2D eigenvalue weighted by Crippen LogP contribution is 2.46. The second-order valence-corrected chi connectivity index (χ2v) is 9.07. The minimum Gasteiger partial charge on any atom is -0.507 e. The summed E-state index contributed by atoms with van der Waals surface area (Å²) in [6.07, 6.45) is 2.22. The van der Waals surface area contributed by atoms with E-state index in [9.17, 15) is 14.7 Å². The van der Waals surface area contributed by atoms with Gasteiger partial charge in [-0.2, -0.15) is 0 Å². The van der Waals surface area contributed by atoms with Gasteiger partial charge in [0.2, 0.25) is 12.5 Å². The number of nitrogens with zero attached hydrogens (tertiary/aromatic N) is 2. The van der Waals surface area contributed by atoms with Gasteiger partial charge in [-0.15, -0.1) is 0 Å². The molecular formula is C27H30N2O8. The molecule has 5 rings (SSSR count). The molecule has 1 N–H and O–H groups in total. The predicted octanol–water partition coefficient (Wildman–Crippen LogP) is 2.96. The van der Waals surface area contributed by atoms with Gasteiger partial charge in [0.15, 0.2) is 23.0 Å². The van der Waals surface area contributed by atoms with Crippen molar-refractivity contribution in [3.8, 4) is 28.7 Å². The fourth-order valence-electron chi connectivity index (χ4n) is 5.17.